The Morgan fingerprint density at radius 2 is 1.93 bits per heavy atom. The van der Waals surface area contributed by atoms with Crippen molar-refractivity contribution in [2.75, 3.05) is 11.9 Å². The first kappa shape index (κ1) is 19.7. The zero-order valence-electron chi connectivity index (χ0n) is 15.3. The molecule has 28 heavy (non-hydrogen) atoms. The van der Waals surface area contributed by atoms with Crippen LogP contribution in [0.2, 0.25) is 5.02 Å². The van der Waals surface area contributed by atoms with Gasteiger partial charge in [0.15, 0.2) is 0 Å². The van der Waals surface area contributed by atoms with Crippen molar-refractivity contribution in [1.29, 1.82) is 0 Å². The van der Waals surface area contributed by atoms with Crippen LogP contribution in [0.4, 0.5) is 5.69 Å². The highest BCUT2D eigenvalue weighted by Crippen LogP contribution is 2.28. The second-order valence-corrected chi connectivity index (χ2v) is 6.67. The second kappa shape index (κ2) is 8.75. The van der Waals surface area contributed by atoms with Gasteiger partial charge in [-0.3, -0.25) is 19.5 Å². The van der Waals surface area contributed by atoms with Gasteiger partial charge in [0.25, 0.3) is 11.1 Å². The number of hydrogen-bond acceptors (Lipinski definition) is 4. The number of amides is 1. The van der Waals surface area contributed by atoms with Crippen molar-refractivity contribution < 1.29 is 9.53 Å². The van der Waals surface area contributed by atoms with E-state index in [4.69, 9.17) is 16.3 Å². The van der Waals surface area contributed by atoms with Gasteiger partial charge in [-0.15, -0.1) is 0 Å². The lowest BCUT2D eigenvalue weighted by atomic mass is 10.2. The van der Waals surface area contributed by atoms with Gasteiger partial charge < -0.3 is 10.1 Å². The van der Waals surface area contributed by atoms with Gasteiger partial charge in [-0.2, -0.15) is 0 Å². The summed E-state index contributed by atoms with van der Waals surface area (Å²) in [7, 11) is 0. The van der Waals surface area contributed by atoms with Crippen LogP contribution in [0.25, 0.3) is 10.8 Å². The summed E-state index contributed by atoms with van der Waals surface area (Å²) in [6, 6.07) is 11.5. The third kappa shape index (κ3) is 4.43. The zero-order valence-corrected chi connectivity index (χ0v) is 16.1. The maximum Gasteiger partial charge on any atom is 0.273 e. The quantitative estimate of drug-likeness (QED) is 0.636. The molecule has 2 aromatic carbocycles. The maximum atomic E-state index is 12.5. The molecule has 8 heteroatoms. The summed E-state index contributed by atoms with van der Waals surface area (Å²) in [4.78, 5) is 37.0. The number of H-pyrrole nitrogens is 1. The van der Waals surface area contributed by atoms with Crippen LogP contribution in [-0.2, 0) is 11.3 Å². The molecule has 7 nitrogen and oxygen atoms in total. The third-order valence-electron chi connectivity index (χ3n) is 4.12. The molecule has 3 aromatic rings. The molecular formula is C20H20ClN3O4. The van der Waals surface area contributed by atoms with Gasteiger partial charge in [0.1, 0.15) is 5.75 Å². The lowest BCUT2D eigenvalue weighted by molar-refractivity contribution is -0.116. The minimum atomic E-state index is -0.374. The molecular weight excluding hydrogens is 382 g/mol. The normalized spacial score (nSPS) is 10.8. The zero-order chi connectivity index (χ0) is 20.1. The van der Waals surface area contributed by atoms with E-state index in [1.54, 1.807) is 42.5 Å². The highest BCUT2D eigenvalue weighted by molar-refractivity contribution is 6.31. The molecule has 0 fully saturated rings. The molecule has 0 atom stereocenters. The number of aromatic amines is 1. The number of benzene rings is 2. The summed E-state index contributed by atoms with van der Waals surface area (Å²) >= 11 is 6.01. The van der Waals surface area contributed by atoms with Gasteiger partial charge in [-0.25, -0.2) is 4.68 Å². The SMILES string of the molecule is CCCOc1ccc(Cl)cc1NC(=O)CCn1[nH]c(=O)c2ccccc2c1=O. The second-order valence-electron chi connectivity index (χ2n) is 6.23. The number of aromatic nitrogens is 2. The van der Waals surface area contributed by atoms with Crippen LogP contribution in [0.5, 0.6) is 5.75 Å². The monoisotopic (exact) mass is 401 g/mol. The van der Waals surface area contributed by atoms with Crippen LogP contribution in [0.15, 0.2) is 52.1 Å². The molecule has 1 amide bonds. The van der Waals surface area contributed by atoms with Gasteiger partial charge in [-0.1, -0.05) is 30.7 Å². The maximum absolute atomic E-state index is 12.5. The van der Waals surface area contributed by atoms with Gasteiger partial charge >= 0.3 is 0 Å². The van der Waals surface area contributed by atoms with Crippen LogP contribution >= 0.6 is 11.6 Å². The molecule has 0 bridgehead atoms. The number of carbonyl (C=O) groups excluding carboxylic acids is 1. The lowest BCUT2D eigenvalue weighted by Gasteiger charge is -2.13. The molecule has 0 spiro atoms. The number of ether oxygens (including phenoxy) is 1. The van der Waals surface area contributed by atoms with Crippen molar-refractivity contribution in [3.63, 3.8) is 0 Å². The number of carbonyl (C=O) groups is 1. The van der Waals surface area contributed by atoms with E-state index in [2.05, 4.69) is 10.4 Å². The van der Waals surface area contributed by atoms with Gasteiger partial charge in [0.2, 0.25) is 5.91 Å². The molecule has 1 heterocycles. The number of nitrogens with zero attached hydrogens (tertiary/aromatic N) is 1. The first-order chi connectivity index (χ1) is 13.5. The minimum Gasteiger partial charge on any atom is -0.491 e. The van der Waals surface area contributed by atoms with Crippen LogP contribution in [-0.4, -0.2) is 22.3 Å². The molecule has 0 saturated heterocycles. The molecule has 0 unspecified atom stereocenters. The molecule has 0 aliphatic heterocycles. The smallest absolute Gasteiger partial charge is 0.273 e. The Morgan fingerprint density at radius 3 is 2.68 bits per heavy atom. The van der Waals surface area contributed by atoms with E-state index < -0.39 is 0 Å². The number of fused-ring (bicyclic) bond motifs is 1. The number of halogens is 1. The van der Waals surface area contributed by atoms with E-state index in [-0.39, 0.29) is 30.0 Å². The lowest BCUT2D eigenvalue weighted by Crippen LogP contribution is -2.31. The van der Waals surface area contributed by atoms with Crippen molar-refractivity contribution >= 4 is 34.0 Å². The Hall–Kier alpha value is -3.06. The summed E-state index contributed by atoms with van der Waals surface area (Å²) in [6.45, 7) is 2.53. The number of rotatable bonds is 7. The van der Waals surface area contributed by atoms with Gasteiger partial charge in [-0.05, 0) is 36.8 Å². The number of nitrogens with one attached hydrogen (secondary N) is 2. The van der Waals surface area contributed by atoms with E-state index in [9.17, 15) is 14.4 Å². The molecule has 146 valence electrons. The Labute approximate surface area is 165 Å². The Balaban J connectivity index is 1.74. The number of anilines is 1. The van der Waals surface area contributed by atoms with Crippen LogP contribution in [0, 0.1) is 0 Å². The van der Waals surface area contributed by atoms with E-state index in [1.807, 2.05) is 6.92 Å². The van der Waals surface area contributed by atoms with Crippen molar-refractivity contribution in [1.82, 2.24) is 9.78 Å². The van der Waals surface area contributed by atoms with Crippen LogP contribution in [0.1, 0.15) is 19.8 Å². The molecule has 3 rings (SSSR count). The van der Waals surface area contributed by atoms with E-state index in [0.29, 0.717) is 33.8 Å². The Kier molecular flexibility index (Phi) is 6.16. The van der Waals surface area contributed by atoms with Gasteiger partial charge in [0, 0.05) is 11.4 Å². The topological polar surface area (TPSA) is 93.2 Å². The number of aryl methyl sites for hydroxylation is 1. The summed E-state index contributed by atoms with van der Waals surface area (Å²) in [5.41, 5.74) is -0.260. The predicted molar refractivity (Wildman–Crippen MR) is 109 cm³/mol. The molecule has 1 aromatic heterocycles. The van der Waals surface area contributed by atoms with Crippen molar-refractivity contribution in [2.24, 2.45) is 0 Å². The highest BCUT2D eigenvalue weighted by atomic mass is 35.5. The fraction of sp³-hybridized carbons (Fsp3) is 0.250. The molecule has 0 saturated carbocycles. The fourth-order valence-electron chi connectivity index (χ4n) is 2.77. The summed E-state index contributed by atoms with van der Waals surface area (Å²) in [6.07, 6.45) is 0.822. The highest BCUT2D eigenvalue weighted by Gasteiger charge is 2.11. The summed E-state index contributed by atoms with van der Waals surface area (Å²) < 4.78 is 6.76. The first-order valence-electron chi connectivity index (χ1n) is 8.93. The molecule has 0 radical (unpaired) electrons. The average molecular weight is 402 g/mol. The molecule has 2 N–H and O–H groups in total. The van der Waals surface area contributed by atoms with Crippen molar-refractivity contribution in [3.8, 4) is 5.75 Å². The van der Waals surface area contributed by atoms with E-state index in [1.165, 1.54) is 0 Å². The Bertz CT molecular complexity index is 1120. The van der Waals surface area contributed by atoms with Crippen molar-refractivity contribution in [2.45, 2.75) is 26.3 Å². The summed E-state index contributed by atoms with van der Waals surface area (Å²) in [5.74, 6) is 0.195. The Morgan fingerprint density at radius 1 is 1.18 bits per heavy atom. The fourth-order valence-corrected chi connectivity index (χ4v) is 2.94. The van der Waals surface area contributed by atoms with Crippen LogP contribution < -0.4 is 21.2 Å². The summed E-state index contributed by atoms with van der Waals surface area (Å²) in [5, 5.41) is 6.36. The third-order valence-corrected chi connectivity index (χ3v) is 4.36. The molecule has 0 aliphatic rings. The average Bonchev–Trinajstić information content (AvgIpc) is 2.69. The number of hydrogen-bond donors (Lipinski definition) is 2. The largest absolute Gasteiger partial charge is 0.491 e. The van der Waals surface area contributed by atoms with Crippen LogP contribution in [0.3, 0.4) is 0 Å². The molecule has 0 aliphatic carbocycles. The minimum absolute atomic E-state index is 0.00603. The predicted octanol–water partition coefficient (Wildman–Crippen LogP) is 3.16. The van der Waals surface area contributed by atoms with E-state index in [0.717, 1.165) is 11.1 Å². The standard InChI is InChI=1S/C20H20ClN3O4/c1-2-11-28-17-8-7-13(21)12-16(17)22-18(25)9-10-24-20(27)15-6-4-3-5-14(15)19(26)23-24/h3-8,12H,2,9-11H2,1H3,(H,22,25)(H,23,26). The van der Waals surface area contributed by atoms with E-state index >= 15 is 0 Å². The van der Waals surface area contributed by atoms with Crippen molar-refractivity contribution in [3.05, 3.63) is 68.2 Å². The first-order valence-corrected chi connectivity index (χ1v) is 9.31. The van der Waals surface area contributed by atoms with Gasteiger partial charge in [0.05, 0.1) is 29.6 Å².